The number of fused-ring (bicyclic) bond motifs is 1. The zero-order valence-electron chi connectivity index (χ0n) is 12.4. The van der Waals surface area contributed by atoms with Crippen molar-refractivity contribution in [1.82, 2.24) is 5.32 Å². The van der Waals surface area contributed by atoms with E-state index >= 15 is 0 Å². The molecule has 22 heavy (non-hydrogen) atoms. The second-order valence-corrected chi connectivity index (χ2v) is 5.05. The number of ether oxygens (including phenoxy) is 3. The van der Waals surface area contributed by atoms with E-state index in [1.165, 1.54) is 6.07 Å². The molecule has 0 spiro atoms. The SMILES string of the molecule is COc1cc(CNCCc2ccccc2F)cc2c1OCO2. The van der Waals surface area contributed by atoms with Gasteiger partial charge in [0.15, 0.2) is 11.5 Å². The third kappa shape index (κ3) is 3.14. The number of hydrogen-bond donors (Lipinski definition) is 1. The molecule has 0 aromatic heterocycles. The third-order valence-corrected chi connectivity index (χ3v) is 3.58. The fraction of sp³-hybridized carbons (Fsp3) is 0.294. The largest absolute Gasteiger partial charge is 0.493 e. The summed E-state index contributed by atoms with van der Waals surface area (Å²) in [5.74, 6) is 1.86. The van der Waals surface area contributed by atoms with Gasteiger partial charge in [0.1, 0.15) is 5.82 Å². The van der Waals surface area contributed by atoms with Crippen LogP contribution < -0.4 is 19.5 Å². The summed E-state index contributed by atoms with van der Waals surface area (Å²) >= 11 is 0. The molecule has 116 valence electrons. The van der Waals surface area contributed by atoms with Crippen molar-refractivity contribution in [3.8, 4) is 17.2 Å². The molecule has 0 saturated heterocycles. The average molecular weight is 303 g/mol. The van der Waals surface area contributed by atoms with Crippen LogP contribution in [-0.2, 0) is 13.0 Å². The highest BCUT2D eigenvalue weighted by atomic mass is 19.1. The second-order valence-electron chi connectivity index (χ2n) is 5.05. The highest BCUT2D eigenvalue weighted by molar-refractivity contribution is 5.55. The molecule has 0 amide bonds. The summed E-state index contributed by atoms with van der Waals surface area (Å²) < 4.78 is 29.6. The molecule has 2 aromatic rings. The van der Waals surface area contributed by atoms with Crippen LogP contribution >= 0.6 is 0 Å². The quantitative estimate of drug-likeness (QED) is 0.833. The molecular formula is C17H18FNO3. The van der Waals surface area contributed by atoms with Crippen LogP contribution in [-0.4, -0.2) is 20.4 Å². The zero-order valence-corrected chi connectivity index (χ0v) is 12.4. The van der Waals surface area contributed by atoms with Crippen molar-refractivity contribution in [3.05, 3.63) is 53.3 Å². The molecule has 1 aliphatic heterocycles. The molecular weight excluding hydrogens is 285 g/mol. The van der Waals surface area contributed by atoms with Crippen molar-refractivity contribution in [2.24, 2.45) is 0 Å². The first kappa shape index (κ1) is 14.7. The fourth-order valence-corrected chi connectivity index (χ4v) is 2.44. The van der Waals surface area contributed by atoms with Crippen molar-refractivity contribution >= 4 is 0 Å². The number of methoxy groups -OCH3 is 1. The standard InChI is InChI=1S/C17H18FNO3/c1-20-15-8-12(9-16-17(15)22-11-21-16)10-19-7-6-13-4-2-3-5-14(13)18/h2-5,8-9,19H,6-7,10-11H2,1H3. The lowest BCUT2D eigenvalue weighted by Crippen LogP contribution is -2.17. The maximum atomic E-state index is 13.5. The lowest BCUT2D eigenvalue weighted by molar-refractivity contribution is 0.171. The number of halogens is 1. The van der Waals surface area contributed by atoms with Gasteiger partial charge in [0.05, 0.1) is 7.11 Å². The van der Waals surface area contributed by atoms with E-state index in [0.717, 1.165) is 11.1 Å². The van der Waals surface area contributed by atoms with Crippen molar-refractivity contribution < 1.29 is 18.6 Å². The number of nitrogens with one attached hydrogen (secondary N) is 1. The molecule has 0 bridgehead atoms. The van der Waals surface area contributed by atoms with Gasteiger partial charge in [0, 0.05) is 6.54 Å². The van der Waals surface area contributed by atoms with E-state index in [4.69, 9.17) is 14.2 Å². The molecule has 0 unspecified atom stereocenters. The lowest BCUT2D eigenvalue weighted by atomic mass is 10.1. The van der Waals surface area contributed by atoms with Crippen LogP contribution in [0.25, 0.3) is 0 Å². The Hall–Kier alpha value is -2.27. The Labute approximate surface area is 128 Å². The van der Waals surface area contributed by atoms with E-state index in [9.17, 15) is 4.39 Å². The first-order chi connectivity index (χ1) is 10.8. The van der Waals surface area contributed by atoms with Gasteiger partial charge in [0.2, 0.25) is 12.5 Å². The highest BCUT2D eigenvalue weighted by Crippen LogP contribution is 2.41. The summed E-state index contributed by atoms with van der Waals surface area (Å²) in [6.07, 6.45) is 0.647. The van der Waals surface area contributed by atoms with E-state index in [0.29, 0.717) is 36.8 Å². The summed E-state index contributed by atoms with van der Waals surface area (Å²) in [4.78, 5) is 0. The molecule has 0 saturated carbocycles. The predicted molar refractivity (Wildman–Crippen MR) is 80.9 cm³/mol. The lowest BCUT2D eigenvalue weighted by Gasteiger charge is -2.09. The van der Waals surface area contributed by atoms with Crippen molar-refractivity contribution in [1.29, 1.82) is 0 Å². The normalized spacial score (nSPS) is 12.5. The molecule has 1 heterocycles. The fourth-order valence-electron chi connectivity index (χ4n) is 2.44. The van der Waals surface area contributed by atoms with Crippen LogP contribution in [0.2, 0.25) is 0 Å². The average Bonchev–Trinajstić information content (AvgIpc) is 3.00. The minimum absolute atomic E-state index is 0.158. The van der Waals surface area contributed by atoms with Gasteiger partial charge in [-0.25, -0.2) is 4.39 Å². The predicted octanol–water partition coefficient (Wildman–Crippen LogP) is 2.90. The van der Waals surface area contributed by atoms with Crippen molar-refractivity contribution in [3.63, 3.8) is 0 Å². The van der Waals surface area contributed by atoms with Crippen LogP contribution in [0.5, 0.6) is 17.2 Å². The molecule has 4 nitrogen and oxygen atoms in total. The van der Waals surface area contributed by atoms with Gasteiger partial charge in [-0.15, -0.1) is 0 Å². The molecule has 0 aliphatic carbocycles. The van der Waals surface area contributed by atoms with Crippen LogP contribution in [0.4, 0.5) is 4.39 Å². The molecule has 1 N–H and O–H groups in total. The second kappa shape index (κ2) is 6.66. The first-order valence-electron chi connectivity index (χ1n) is 7.18. The Morgan fingerprint density at radius 3 is 2.91 bits per heavy atom. The Morgan fingerprint density at radius 1 is 1.23 bits per heavy atom. The van der Waals surface area contributed by atoms with Gasteiger partial charge in [0.25, 0.3) is 0 Å². The van der Waals surface area contributed by atoms with Gasteiger partial charge < -0.3 is 19.5 Å². The van der Waals surface area contributed by atoms with Crippen LogP contribution in [0.1, 0.15) is 11.1 Å². The van der Waals surface area contributed by atoms with E-state index in [2.05, 4.69) is 5.32 Å². The zero-order chi connectivity index (χ0) is 15.4. The van der Waals surface area contributed by atoms with Crippen LogP contribution in [0.3, 0.4) is 0 Å². The summed E-state index contributed by atoms with van der Waals surface area (Å²) in [6.45, 7) is 1.56. The minimum Gasteiger partial charge on any atom is -0.493 e. The maximum absolute atomic E-state index is 13.5. The van der Waals surface area contributed by atoms with Gasteiger partial charge in [-0.3, -0.25) is 0 Å². The smallest absolute Gasteiger partial charge is 0.231 e. The minimum atomic E-state index is -0.158. The molecule has 3 rings (SSSR count). The van der Waals surface area contributed by atoms with Crippen LogP contribution in [0, 0.1) is 5.82 Å². The van der Waals surface area contributed by atoms with Crippen LogP contribution in [0.15, 0.2) is 36.4 Å². The summed E-state index contributed by atoms with van der Waals surface area (Å²) in [5.41, 5.74) is 1.76. The monoisotopic (exact) mass is 303 g/mol. The Kier molecular flexibility index (Phi) is 4.44. The molecule has 0 radical (unpaired) electrons. The summed E-state index contributed by atoms with van der Waals surface area (Å²) in [5, 5.41) is 3.30. The molecule has 5 heteroatoms. The Bertz CT molecular complexity index is 660. The third-order valence-electron chi connectivity index (χ3n) is 3.58. The molecule has 0 fully saturated rings. The maximum Gasteiger partial charge on any atom is 0.231 e. The first-order valence-corrected chi connectivity index (χ1v) is 7.18. The van der Waals surface area contributed by atoms with Crippen molar-refractivity contribution in [2.75, 3.05) is 20.4 Å². The molecule has 2 aromatic carbocycles. The van der Waals surface area contributed by atoms with Gasteiger partial charge >= 0.3 is 0 Å². The van der Waals surface area contributed by atoms with Gasteiger partial charge in [-0.1, -0.05) is 18.2 Å². The number of rotatable bonds is 6. The van der Waals surface area contributed by atoms with Gasteiger partial charge in [-0.05, 0) is 42.3 Å². The van der Waals surface area contributed by atoms with E-state index < -0.39 is 0 Å². The van der Waals surface area contributed by atoms with E-state index in [-0.39, 0.29) is 12.6 Å². The molecule has 1 aliphatic rings. The topological polar surface area (TPSA) is 39.7 Å². The number of benzene rings is 2. The van der Waals surface area contributed by atoms with Gasteiger partial charge in [-0.2, -0.15) is 0 Å². The number of hydrogen-bond acceptors (Lipinski definition) is 4. The van der Waals surface area contributed by atoms with E-state index in [1.807, 2.05) is 18.2 Å². The highest BCUT2D eigenvalue weighted by Gasteiger charge is 2.19. The summed E-state index contributed by atoms with van der Waals surface area (Å²) in [6, 6.07) is 10.7. The summed E-state index contributed by atoms with van der Waals surface area (Å²) in [7, 11) is 1.60. The van der Waals surface area contributed by atoms with E-state index in [1.54, 1.807) is 19.2 Å². The molecule has 0 atom stereocenters. The Morgan fingerprint density at radius 2 is 2.09 bits per heavy atom. The Balaban J connectivity index is 1.57. The van der Waals surface area contributed by atoms with Crippen molar-refractivity contribution in [2.45, 2.75) is 13.0 Å².